The highest BCUT2D eigenvalue weighted by atomic mass is 79.9. The summed E-state index contributed by atoms with van der Waals surface area (Å²) >= 11 is 6.14. The second kappa shape index (κ2) is 7.34. The molecule has 1 amide bonds. The van der Waals surface area contributed by atoms with Crippen molar-refractivity contribution in [3.8, 4) is 18.1 Å². The van der Waals surface area contributed by atoms with E-state index in [0.717, 1.165) is 19.8 Å². The molecule has 0 saturated carbocycles. The molecule has 0 spiro atoms. The van der Waals surface area contributed by atoms with Crippen LogP contribution in [0.5, 0.6) is 5.75 Å². The van der Waals surface area contributed by atoms with Gasteiger partial charge >= 0.3 is 0 Å². The number of hydrogen-bond acceptors (Lipinski definition) is 4. The Balaban J connectivity index is 2.19. The van der Waals surface area contributed by atoms with Gasteiger partial charge in [0.05, 0.1) is 26.5 Å². The molecule has 0 N–H and O–H groups in total. The van der Waals surface area contributed by atoms with Gasteiger partial charge in [0.15, 0.2) is 4.80 Å². The Morgan fingerprint density at radius 2 is 2.21 bits per heavy atom. The van der Waals surface area contributed by atoms with Crippen molar-refractivity contribution in [2.45, 2.75) is 13.5 Å². The molecule has 4 nitrogen and oxygen atoms in total. The van der Waals surface area contributed by atoms with Crippen LogP contribution >= 0.6 is 38.6 Å². The van der Waals surface area contributed by atoms with E-state index in [1.807, 2.05) is 35.8 Å². The monoisotopic (exact) mass is 420 g/mol. The molecule has 0 atom stereocenters. The Labute approximate surface area is 155 Å². The maximum absolute atomic E-state index is 12.4. The highest BCUT2D eigenvalue weighted by Crippen LogP contribution is 2.28. The maximum Gasteiger partial charge on any atom is 0.289 e. The van der Waals surface area contributed by atoms with Crippen LogP contribution in [0.3, 0.4) is 0 Å². The number of fused-ring (bicyclic) bond motifs is 1. The molecule has 0 radical (unpaired) electrons. The second-order valence-electron chi connectivity index (χ2n) is 4.73. The number of terminal acetylenes is 1. The van der Waals surface area contributed by atoms with Gasteiger partial charge in [-0.15, -0.1) is 17.8 Å². The fourth-order valence-corrected chi connectivity index (χ4v) is 4.58. The molecule has 0 aliphatic heterocycles. The Morgan fingerprint density at radius 3 is 2.88 bits per heavy atom. The van der Waals surface area contributed by atoms with Gasteiger partial charge in [-0.1, -0.05) is 23.3 Å². The third kappa shape index (κ3) is 3.31. The molecule has 0 aliphatic carbocycles. The van der Waals surface area contributed by atoms with Crippen LogP contribution in [0.1, 0.15) is 16.6 Å². The van der Waals surface area contributed by atoms with E-state index in [4.69, 9.17) is 11.2 Å². The fourth-order valence-electron chi connectivity index (χ4n) is 2.26. The third-order valence-electron chi connectivity index (χ3n) is 3.19. The van der Waals surface area contributed by atoms with Crippen LogP contribution in [0, 0.1) is 12.3 Å². The van der Waals surface area contributed by atoms with E-state index in [9.17, 15) is 4.79 Å². The van der Waals surface area contributed by atoms with Gasteiger partial charge < -0.3 is 9.30 Å². The Bertz CT molecular complexity index is 1010. The van der Waals surface area contributed by atoms with Crippen LogP contribution in [-0.2, 0) is 6.54 Å². The summed E-state index contributed by atoms with van der Waals surface area (Å²) in [4.78, 5) is 17.8. The number of carbonyl (C=O) groups is 1. The molecular formula is C17H13BrN2O2S2. The zero-order chi connectivity index (χ0) is 17.1. The van der Waals surface area contributed by atoms with Gasteiger partial charge in [-0.05, 0) is 47.1 Å². The summed E-state index contributed by atoms with van der Waals surface area (Å²) in [6.07, 6.45) is 5.51. The predicted octanol–water partition coefficient (Wildman–Crippen LogP) is 4.30. The Kier molecular flexibility index (Phi) is 5.19. The lowest BCUT2D eigenvalue weighted by molar-refractivity contribution is 0.100. The number of hydrogen-bond donors (Lipinski definition) is 0. The second-order valence-corrected chi connectivity index (χ2v) is 8.20. The first-order chi connectivity index (χ1) is 11.6. The zero-order valence-electron chi connectivity index (χ0n) is 12.8. The summed E-state index contributed by atoms with van der Waals surface area (Å²) < 4.78 is 9.43. The summed E-state index contributed by atoms with van der Waals surface area (Å²) in [5.74, 6) is 3.09. The van der Waals surface area contributed by atoms with E-state index in [-0.39, 0.29) is 5.91 Å². The molecule has 7 heteroatoms. The van der Waals surface area contributed by atoms with Crippen LogP contribution in [0.4, 0.5) is 0 Å². The van der Waals surface area contributed by atoms with Crippen LogP contribution in [0.2, 0.25) is 0 Å². The minimum atomic E-state index is -0.277. The molecule has 2 aromatic heterocycles. The smallest absolute Gasteiger partial charge is 0.289 e. The van der Waals surface area contributed by atoms with Crippen molar-refractivity contribution >= 4 is 54.7 Å². The van der Waals surface area contributed by atoms with Crippen molar-refractivity contribution in [2.24, 2.45) is 4.99 Å². The van der Waals surface area contributed by atoms with Crippen molar-refractivity contribution in [1.29, 1.82) is 0 Å². The quantitative estimate of drug-likeness (QED) is 0.590. The van der Waals surface area contributed by atoms with E-state index in [1.54, 1.807) is 6.07 Å². The van der Waals surface area contributed by atoms with Crippen LogP contribution in [0.15, 0.2) is 39.1 Å². The highest BCUT2D eigenvalue weighted by molar-refractivity contribution is 9.11. The van der Waals surface area contributed by atoms with Crippen molar-refractivity contribution in [2.75, 3.05) is 6.61 Å². The summed E-state index contributed by atoms with van der Waals surface area (Å²) in [5, 5.41) is 0. The number of nitrogens with zero attached hydrogens (tertiary/aromatic N) is 2. The summed E-state index contributed by atoms with van der Waals surface area (Å²) in [6, 6.07) is 9.38. The SMILES string of the molecule is C#CCn1c(=NC(=O)c2ccc(Br)s2)sc2cccc(OCC)c21. The van der Waals surface area contributed by atoms with Gasteiger partial charge in [0.2, 0.25) is 0 Å². The molecule has 0 fully saturated rings. The molecular weight excluding hydrogens is 408 g/mol. The first-order valence-electron chi connectivity index (χ1n) is 7.17. The van der Waals surface area contributed by atoms with Crippen LogP contribution in [0.25, 0.3) is 10.2 Å². The first kappa shape index (κ1) is 17.0. The number of para-hydroxylation sites is 1. The van der Waals surface area contributed by atoms with Gasteiger partial charge in [-0.25, -0.2) is 0 Å². The topological polar surface area (TPSA) is 43.6 Å². The normalized spacial score (nSPS) is 11.6. The number of amides is 1. The Hall–Kier alpha value is -1.88. The van der Waals surface area contributed by atoms with Crippen LogP contribution < -0.4 is 9.54 Å². The zero-order valence-corrected chi connectivity index (χ0v) is 16.0. The number of rotatable bonds is 4. The maximum atomic E-state index is 12.4. The molecule has 0 aliphatic rings. The molecule has 0 saturated heterocycles. The fraction of sp³-hybridized carbons (Fsp3) is 0.176. The van der Waals surface area contributed by atoms with Gasteiger partial charge in [-0.2, -0.15) is 4.99 Å². The molecule has 0 unspecified atom stereocenters. The third-order valence-corrected chi connectivity index (χ3v) is 5.85. The van der Waals surface area contributed by atoms with Gasteiger partial charge in [0.1, 0.15) is 11.3 Å². The van der Waals surface area contributed by atoms with Gasteiger partial charge in [0.25, 0.3) is 5.91 Å². The first-order valence-corrected chi connectivity index (χ1v) is 9.59. The number of aromatic nitrogens is 1. The van der Waals surface area contributed by atoms with E-state index in [0.29, 0.717) is 22.8 Å². The largest absolute Gasteiger partial charge is 0.492 e. The standard InChI is InChI=1S/C17H13BrN2O2S2/c1-3-10-20-15-11(22-4-2)6-5-7-12(15)24-17(20)19-16(21)13-8-9-14(18)23-13/h1,5-9H,4,10H2,2H3. The van der Waals surface area contributed by atoms with Crippen LogP contribution in [-0.4, -0.2) is 17.1 Å². The number of benzene rings is 1. The molecule has 0 bridgehead atoms. The van der Waals surface area contributed by atoms with Gasteiger partial charge in [0, 0.05) is 0 Å². The molecule has 3 rings (SSSR count). The molecule has 3 aromatic rings. The minimum Gasteiger partial charge on any atom is -0.492 e. The van der Waals surface area contributed by atoms with Crippen molar-refractivity contribution in [3.05, 3.63) is 43.8 Å². The lowest BCUT2D eigenvalue weighted by Crippen LogP contribution is -2.16. The number of halogens is 1. The van der Waals surface area contributed by atoms with Crippen molar-refractivity contribution in [1.82, 2.24) is 4.57 Å². The number of thiazole rings is 1. The van der Waals surface area contributed by atoms with Gasteiger partial charge in [-0.3, -0.25) is 4.79 Å². The Morgan fingerprint density at radius 1 is 1.38 bits per heavy atom. The molecule has 24 heavy (non-hydrogen) atoms. The average molecular weight is 421 g/mol. The molecule has 2 heterocycles. The average Bonchev–Trinajstić information content (AvgIpc) is 3.13. The van der Waals surface area contributed by atoms with E-state index >= 15 is 0 Å². The number of carbonyl (C=O) groups excluding carboxylic acids is 1. The van der Waals surface area contributed by atoms with E-state index in [1.165, 1.54) is 22.7 Å². The summed E-state index contributed by atoms with van der Waals surface area (Å²) in [7, 11) is 0. The van der Waals surface area contributed by atoms with Crippen molar-refractivity contribution < 1.29 is 9.53 Å². The van der Waals surface area contributed by atoms with E-state index < -0.39 is 0 Å². The highest BCUT2D eigenvalue weighted by Gasteiger charge is 2.13. The lowest BCUT2D eigenvalue weighted by atomic mass is 10.3. The number of thiophene rings is 1. The summed E-state index contributed by atoms with van der Waals surface area (Å²) in [5.41, 5.74) is 0.876. The van der Waals surface area contributed by atoms with E-state index in [2.05, 4.69) is 26.8 Å². The minimum absolute atomic E-state index is 0.277. The predicted molar refractivity (Wildman–Crippen MR) is 102 cm³/mol. The number of ether oxygens (including phenoxy) is 1. The molecule has 1 aromatic carbocycles. The molecule has 122 valence electrons. The van der Waals surface area contributed by atoms with Crippen molar-refractivity contribution in [3.63, 3.8) is 0 Å². The lowest BCUT2D eigenvalue weighted by Gasteiger charge is -2.07. The summed E-state index contributed by atoms with van der Waals surface area (Å²) in [6.45, 7) is 2.81.